The Labute approximate surface area is 210 Å². The van der Waals surface area contributed by atoms with E-state index in [4.69, 9.17) is 16.3 Å². The fourth-order valence-electron chi connectivity index (χ4n) is 3.83. The lowest BCUT2D eigenvalue weighted by Gasteiger charge is -2.28. The molecule has 0 aliphatic rings. The highest BCUT2D eigenvalue weighted by molar-refractivity contribution is 7.93. The van der Waals surface area contributed by atoms with E-state index >= 15 is 0 Å². The lowest BCUT2D eigenvalue weighted by atomic mass is 9.90. The Kier molecular flexibility index (Phi) is 7.54. The molecule has 7 heteroatoms. The average Bonchev–Trinajstić information content (AvgIpc) is 2.87. The first-order valence-electron chi connectivity index (χ1n) is 11.1. The third-order valence-corrected chi connectivity index (χ3v) is 7.44. The summed E-state index contributed by atoms with van der Waals surface area (Å²) in [5.41, 5.74) is 1.59. The van der Waals surface area contributed by atoms with Gasteiger partial charge in [0.2, 0.25) is 0 Å². The van der Waals surface area contributed by atoms with E-state index < -0.39 is 21.8 Å². The Morgan fingerprint density at radius 2 is 1.31 bits per heavy atom. The second kappa shape index (κ2) is 10.8. The third-order valence-electron chi connectivity index (χ3n) is 5.45. The number of rotatable bonds is 8. The van der Waals surface area contributed by atoms with Crippen LogP contribution in [0.3, 0.4) is 0 Å². The van der Waals surface area contributed by atoms with Crippen molar-refractivity contribution in [2.24, 2.45) is 0 Å². The molecule has 4 aromatic rings. The van der Waals surface area contributed by atoms with Gasteiger partial charge in [0.15, 0.2) is 0 Å². The van der Waals surface area contributed by atoms with Gasteiger partial charge in [-0.05, 0) is 66.6 Å². The van der Waals surface area contributed by atoms with Crippen LogP contribution in [-0.4, -0.2) is 20.9 Å². The number of amides is 1. The molecule has 5 nitrogen and oxygen atoms in total. The maximum absolute atomic E-state index is 14.2. The molecule has 0 atom stereocenters. The Morgan fingerprint density at radius 3 is 1.80 bits per heavy atom. The van der Waals surface area contributed by atoms with E-state index in [1.54, 1.807) is 24.3 Å². The van der Waals surface area contributed by atoms with Gasteiger partial charge in [0.1, 0.15) is 5.75 Å². The van der Waals surface area contributed by atoms with Crippen LogP contribution >= 0.6 is 11.6 Å². The molecule has 4 aromatic carbocycles. The number of benzene rings is 4. The number of hydrogen-bond acceptors (Lipinski definition) is 4. The molecule has 4 rings (SSSR count). The molecule has 35 heavy (non-hydrogen) atoms. The molecular weight excluding hydrogens is 482 g/mol. The summed E-state index contributed by atoms with van der Waals surface area (Å²) in [6.45, 7) is 2.33. The lowest BCUT2D eigenvalue weighted by Crippen LogP contribution is -2.40. The normalized spacial score (nSPS) is 11.3. The maximum Gasteiger partial charge on any atom is 0.270 e. The van der Waals surface area contributed by atoms with Crippen molar-refractivity contribution in [3.8, 4) is 5.75 Å². The van der Waals surface area contributed by atoms with Gasteiger partial charge in [-0.1, -0.05) is 72.3 Å². The molecule has 0 spiro atoms. The number of ether oxygens (including phenoxy) is 1. The second-order valence-corrected chi connectivity index (χ2v) is 9.97. The van der Waals surface area contributed by atoms with Crippen molar-refractivity contribution in [1.82, 2.24) is 0 Å². The van der Waals surface area contributed by atoms with E-state index in [1.165, 1.54) is 24.3 Å². The largest absolute Gasteiger partial charge is 0.494 e. The fraction of sp³-hybridized carbons (Fsp3) is 0.107. The number of carbonyl (C=O) groups is 1. The number of anilines is 1. The Hall–Kier alpha value is -3.61. The van der Waals surface area contributed by atoms with Gasteiger partial charge in [-0.25, -0.2) is 12.7 Å². The van der Waals surface area contributed by atoms with Gasteiger partial charge in [0, 0.05) is 5.02 Å². The Morgan fingerprint density at radius 1 is 0.800 bits per heavy atom. The first-order valence-corrected chi connectivity index (χ1v) is 12.9. The number of nitrogens with zero attached hydrogens (tertiary/aromatic N) is 1. The van der Waals surface area contributed by atoms with Crippen LogP contribution in [0.1, 0.15) is 24.0 Å². The molecule has 0 aromatic heterocycles. The summed E-state index contributed by atoms with van der Waals surface area (Å²) in [4.78, 5) is 14.2. The van der Waals surface area contributed by atoms with Crippen LogP contribution < -0.4 is 9.04 Å². The van der Waals surface area contributed by atoms with E-state index in [2.05, 4.69) is 0 Å². The van der Waals surface area contributed by atoms with Gasteiger partial charge in [-0.2, -0.15) is 0 Å². The summed E-state index contributed by atoms with van der Waals surface area (Å²) in [7, 11) is -4.27. The summed E-state index contributed by atoms with van der Waals surface area (Å²) >= 11 is 5.99. The molecular formula is C28H24ClNO4S. The minimum atomic E-state index is -4.27. The van der Waals surface area contributed by atoms with Crippen molar-refractivity contribution >= 4 is 33.2 Å². The van der Waals surface area contributed by atoms with Gasteiger partial charge in [0.25, 0.3) is 15.9 Å². The summed E-state index contributed by atoms with van der Waals surface area (Å²) < 4.78 is 34.2. The maximum atomic E-state index is 14.2. The predicted molar refractivity (Wildman–Crippen MR) is 138 cm³/mol. The van der Waals surface area contributed by atoms with Crippen molar-refractivity contribution in [1.29, 1.82) is 0 Å². The molecule has 0 aliphatic heterocycles. The SMILES string of the molecule is CCOc1ccc(N(C(=O)C(c2ccccc2)c2ccccc2)S(=O)(=O)c2ccc(Cl)cc2)cc1. The molecule has 0 saturated heterocycles. The van der Waals surface area contributed by atoms with E-state index in [-0.39, 0.29) is 10.6 Å². The molecule has 0 unspecified atom stereocenters. The Balaban J connectivity index is 1.89. The second-order valence-electron chi connectivity index (χ2n) is 7.74. The number of carbonyl (C=O) groups excluding carboxylic acids is 1. The van der Waals surface area contributed by atoms with E-state index in [0.29, 0.717) is 28.5 Å². The van der Waals surface area contributed by atoms with Gasteiger partial charge in [-0.15, -0.1) is 0 Å². The van der Waals surface area contributed by atoms with Crippen molar-refractivity contribution < 1.29 is 17.9 Å². The van der Waals surface area contributed by atoms with Crippen LogP contribution in [0.15, 0.2) is 114 Å². The standard InChI is InChI=1S/C28H24ClNO4S/c1-2-34-25-17-15-24(16-18-25)30(35(32,33)26-19-13-23(29)14-20-26)28(31)27(21-9-5-3-6-10-21)22-11-7-4-8-12-22/h3-20,27H,2H2,1H3. The number of hydrogen-bond donors (Lipinski definition) is 0. The smallest absolute Gasteiger partial charge is 0.270 e. The van der Waals surface area contributed by atoms with E-state index in [1.807, 2.05) is 67.6 Å². The lowest BCUT2D eigenvalue weighted by molar-refractivity contribution is -0.118. The molecule has 0 fully saturated rings. The molecule has 0 heterocycles. The highest BCUT2D eigenvalue weighted by Gasteiger charge is 2.37. The number of sulfonamides is 1. The quantitative estimate of drug-likeness (QED) is 0.282. The van der Waals surface area contributed by atoms with E-state index in [0.717, 1.165) is 4.31 Å². The zero-order valence-electron chi connectivity index (χ0n) is 19.0. The third kappa shape index (κ3) is 5.39. The summed E-state index contributed by atoms with van der Waals surface area (Å²) in [6, 6.07) is 30.5. The molecule has 1 amide bonds. The highest BCUT2D eigenvalue weighted by atomic mass is 35.5. The Bertz CT molecular complexity index is 1340. The van der Waals surface area contributed by atoms with Crippen LogP contribution in [0.5, 0.6) is 5.75 Å². The van der Waals surface area contributed by atoms with Crippen molar-refractivity contribution in [3.05, 3.63) is 125 Å². The van der Waals surface area contributed by atoms with Gasteiger partial charge >= 0.3 is 0 Å². The first-order chi connectivity index (χ1) is 16.9. The zero-order valence-corrected chi connectivity index (χ0v) is 20.6. The van der Waals surface area contributed by atoms with Crippen LogP contribution in [-0.2, 0) is 14.8 Å². The molecule has 0 saturated carbocycles. The monoisotopic (exact) mass is 505 g/mol. The molecule has 0 bridgehead atoms. The molecule has 0 radical (unpaired) electrons. The average molecular weight is 506 g/mol. The fourth-order valence-corrected chi connectivity index (χ4v) is 5.39. The van der Waals surface area contributed by atoms with Crippen molar-refractivity contribution in [3.63, 3.8) is 0 Å². The predicted octanol–water partition coefficient (Wildman–Crippen LogP) is 6.29. The van der Waals surface area contributed by atoms with Gasteiger partial charge in [0.05, 0.1) is 23.1 Å². The van der Waals surface area contributed by atoms with E-state index in [9.17, 15) is 13.2 Å². The minimum Gasteiger partial charge on any atom is -0.494 e. The molecule has 0 aliphatic carbocycles. The summed E-state index contributed by atoms with van der Waals surface area (Å²) in [5, 5.41) is 0.398. The van der Waals surface area contributed by atoms with Crippen LogP contribution in [0.2, 0.25) is 5.02 Å². The van der Waals surface area contributed by atoms with Crippen LogP contribution in [0, 0.1) is 0 Å². The zero-order chi connectivity index (χ0) is 24.8. The topological polar surface area (TPSA) is 63.7 Å². The van der Waals surface area contributed by atoms with Crippen LogP contribution in [0.4, 0.5) is 5.69 Å². The summed E-state index contributed by atoms with van der Waals surface area (Å²) in [6.07, 6.45) is 0. The highest BCUT2D eigenvalue weighted by Crippen LogP contribution is 2.34. The molecule has 0 N–H and O–H groups in total. The minimum absolute atomic E-state index is 0.0380. The van der Waals surface area contributed by atoms with Crippen molar-refractivity contribution in [2.75, 3.05) is 10.9 Å². The van der Waals surface area contributed by atoms with Gasteiger partial charge in [-0.3, -0.25) is 4.79 Å². The van der Waals surface area contributed by atoms with Crippen molar-refractivity contribution in [2.45, 2.75) is 17.7 Å². The van der Waals surface area contributed by atoms with Gasteiger partial charge < -0.3 is 4.74 Å². The molecule has 178 valence electrons. The first kappa shape index (κ1) is 24.5. The van der Waals surface area contributed by atoms with Crippen LogP contribution in [0.25, 0.3) is 0 Å². The summed E-state index contributed by atoms with van der Waals surface area (Å²) in [5.74, 6) is -0.859. The number of halogens is 1.